The summed E-state index contributed by atoms with van der Waals surface area (Å²) in [5.74, 6) is -2.97. The van der Waals surface area contributed by atoms with E-state index in [-0.39, 0.29) is 30.7 Å². The number of nitrogens with zero attached hydrogens (tertiary/aromatic N) is 2. The molecule has 1 amide bonds. The largest absolute Gasteiger partial charge is 0.480 e. The van der Waals surface area contributed by atoms with Crippen molar-refractivity contribution in [3.05, 3.63) is 29.6 Å². The molecule has 2 aliphatic rings. The fourth-order valence-corrected chi connectivity index (χ4v) is 4.84. The third-order valence-electron chi connectivity index (χ3n) is 6.52. The smallest absolute Gasteiger partial charge is 0.323 e. The maximum atomic E-state index is 13.2. The molecule has 0 aromatic carbocycles. The minimum Gasteiger partial charge on any atom is -0.480 e. The lowest BCUT2D eigenvalue weighted by Gasteiger charge is -2.44. The van der Waals surface area contributed by atoms with Crippen LogP contribution in [0.4, 0.5) is 0 Å². The maximum Gasteiger partial charge on any atom is 0.323 e. The van der Waals surface area contributed by atoms with Gasteiger partial charge in [-0.15, -0.1) is 0 Å². The van der Waals surface area contributed by atoms with Crippen LogP contribution in [0, 0.1) is 11.3 Å². The quantitative estimate of drug-likeness (QED) is 0.173. The van der Waals surface area contributed by atoms with Gasteiger partial charge in [0.25, 0.3) is 0 Å². The monoisotopic (exact) mass is 548 g/mol. The van der Waals surface area contributed by atoms with Gasteiger partial charge in [-0.25, -0.2) is 4.90 Å². The summed E-state index contributed by atoms with van der Waals surface area (Å²) in [5, 5.41) is 16.7. The summed E-state index contributed by atoms with van der Waals surface area (Å²) < 4.78 is 11.3. The number of primary amides is 1. The molecule has 39 heavy (non-hydrogen) atoms. The Hall–Kier alpha value is -3.42. The number of hydrogen-bond donors (Lipinski definition) is 5. The summed E-state index contributed by atoms with van der Waals surface area (Å²) in [6, 6.07) is 1.02. The molecule has 3 rings (SSSR count). The van der Waals surface area contributed by atoms with Crippen molar-refractivity contribution >= 4 is 29.5 Å². The van der Waals surface area contributed by atoms with Crippen molar-refractivity contribution in [3.8, 4) is 0 Å². The van der Waals surface area contributed by atoms with Gasteiger partial charge < -0.3 is 31.8 Å². The Balaban J connectivity index is 0.000000370. The van der Waals surface area contributed by atoms with E-state index >= 15 is 0 Å². The van der Waals surface area contributed by atoms with Gasteiger partial charge in [0.15, 0.2) is 11.5 Å². The molecule has 1 saturated heterocycles. The van der Waals surface area contributed by atoms with Crippen LogP contribution in [0.15, 0.2) is 18.3 Å². The Morgan fingerprint density at radius 2 is 1.82 bits per heavy atom. The van der Waals surface area contributed by atoms with Gasteiger partial charge in [0.05, 0.1) is 18.2 Å². The molecule has 13 heteroatoms. The van der Waals surface area contributed by atoms with Crippen molar-refractivity contribution in [2.45, 2.75) is 83.2 Å². The molecular weight excluding hydrogens is 508 g/mol. The van der Waals surface area contributed by atoms with Gasteiger partial charge in [-0.3, -0.25) is 29.6 Å². The van der Waals surface area contributed by atoms with Crippen LogP contribution in [0.1, 0.15) is 75.9 Å². The minimum absolute atomic E-state index is 0.133. The highest BCUT2D eigenvalue weighted by Gasteiger charge is 2.60. The summed E-state index contributed by atoms with van der Waals surface area (Å²) in [6.45, 7) is 6.29. The molecule has 0 radical (unpaired) electrons. The number of esters is 1. The second-order valence-corrected chi connectivity index (χ2v) is 10.8. The Morgan fingerprint density at radius 1 is 1.21 bits per heavy atom. The van der Waals surface area contributed by atoms with Crippen molar-refractivity contribution in [3.63, 3.8) is 0 Å². The molecule has 8 N–H and O–H groups in total. The highest BCUT2D eigenvalue weighted by molar-refractivity contribution is 5.96. The first kappa shape index (κ1) is 31.8. The third-order valence-corrected chi connectivity index (χ3v) is 6.52. The maximum absolute atomic E-state index is 13.2. The van der Waals surface area contributed by atoms with E-state index in [4.69, 9.17) is 32.1 Å². The van der Waals surface area contributed by atoms with E-state index < -0.39 is 41.3 Å². The molecule has 1 saturated carbocycles. The molecular formula is C26H40N6O7. The summed E-state index contributed by atoms with van der Waals surface area (Å²) in [6.07, 6.45) is 5.68. The van der Waals surface area contributed by atoms with E-state index in [1.165, 1.54) is 23.2 Å². The number of ether oxygens (including phenoxy) is 2. The Morgan fingerprint density at radius 3 is 2.26 bits per heavy atom. The van der Waals surface area contributed by atoms with Crippen molar-refractivity contribution in [2.24, 2.45) is 23.1 Å². The number of nitrogens with one attached hydrogen (secondary N) is 1. The van der Waals surface area contributed by atoms with Gasteiger partial charge in [0.1, 0.15) is 29.7 Å². The molecule has 1 aliphatic heterocycles. The number of carbonyl (C=O) groups excluding carboxylic acids is 3. The topological polar surface area (TPSA) is 225 Å². The van der Waals surface area contributed by atoms with Crippen LogP contribution in [-0.4, -0.2) is 81.0 Å². The van der Waals surface area contributed by atoms with Crippen LogP contribution >= 0.6 is 0 Å². The first-order valence-electron chi connectivity index (χ1n) is 12.9. The molecule has 0 bridgehead atoms. The standard InChI is InChI=1S/C19H32N2O6.C7H8N4O/c1-12(20)16(23)19(13-8-6-5-7-9-13)21(14(11-26-19)17(24)25)10-15(22)27-18(2,3)4;8-6(9)5-2-1-4(3-11-5)7(10)12/h12-14H,5-11,20H2,1-4H3,(H,24,25);1-3H,(H3,8,9)(H2,10,12)/t12-,14?,19?;/m0./s1. The molecule has 1 aliphatic carbocycles. The van der Waals surface area contributed by atoms with Crippen LogP contribution < -0.4 is 17.2 Å². The number of carbonyl (C=O) groups is 4. The van der Waals surface area contributed by atoms with Gasteiger partial charge in [0, 0.05) is 12.1 Å². The van der Waals surface area contributed by atoms with Gasteiger partial charge in [-0.2, -0.15) is 0 Å². The molecule has 216 valence electrons. The number of pyridine rings is 1. The summed E-state index contributed by atoms with van der Waals surface area (Å²) in [5.41, 5.74) is 14.5. The SMILES string of the molecule is C[C@H](N)C(=O)C1(C2CCCCC2)OCC(C(=O)O)N1CC(=O)OC(C)(C)C.N=C(N)c1ccc(C(N)=O)cn1. The lowest BCUT2D eigenvalue weighted by atomic mass is 9.77. The summed E-state index contributed by atoms with van der Waals surface area (Å²) in [7, 11) is 0. The fourth-order valence-electron chi connectivity index (χ4n) is 4.84. The number of nitrogen functional groups attached to an aromatic ring is 1. The zero-order valence-corrected chi connectivity index (χ0v) is 22.9. The van der Waals surface area contributed by atoms with E-state index in [1.807, 2.05) is 0 Å². The zero-order valence-electron chi connectivity index (χ0n) is 22.9. The number of carboxylic acid groups (broad SMARTS) is 1. The predicted octanol–water partition coefficient (Wildman–Crippen LogP) is 0.771. The van der Waals surface area contributed by atoms with Crippen LogP contribution in [0.2, 0.25) is 0 Å². The van der Waals surface area contributed by atoms with E-state index in [1.54, 1.807) is 27.7 Å². The Kier molecular flexibility index (Phi) is 10.7. The molecule has 13 nitrogen and oxygen atoms in total. The van der Waals surface area contributed by atoms with E-state index in [9.17, 15) is 24.3 Å². The fraction of sp³-hybridized carbons (Fsp3) is 0.615. The molecule has 1 aromatic rings. The van der Waals surface area contributed by atoms with Crippen molar-refractivity contribution in [2.75, 3.05) is 13.2 Å². The second-order valence-electron chi connectivity index (χ2n) is 10.8. The number of amides is 1. The molecule has 2 heterocycles. The van der Waals surface area contributed by atoms with Crippen molar-refractivity contribution < 1.29 is 33.8 Å². The van der Waals surface area contributed by atoms with Gasteiger partial charge in [-0.05, 0) is 52.7 Å². The highest BCUT2D eigenvalue weighted by atomic mass is 16.6. The molecule has 1 aromatic heterocycles. The number of Topliss-reactive ketones (excluding diaryl/α,β-unsaturated/α-hetero) is 1. The van der Waals surface area contributed by atoms with Crippen LogP contribution in [0.25, 0.3) is 0 Å². The average molecular weight is 549 g/mol. The normalized spacial score (nSPS) is 22.7. The van der Waals surface area contributed by atoms with Crippen molar-refractivity contribution in [1.82, 2.24) is 9.88 Å². The molecule has 3 atom stereocenters. The number of carboxylic acids is 1. The third kappa shape index (κ3) is 8.04. The van der Waals surface area contributed by atoms with Gasteiger partial charge >= 0.3 is 11.9 Å². The van der Waals surface area contributed by atoms with E-state index in [0.717, 1.165) is 32.1 Å². The van der Waals surface area contributed by atoms with Gasteiger partial charge in [-0.1, -0.05) is 19.3 Å². The minimum atomic E-state index is -1.49. The molecule has 2 fully saturated rings. The van der Waals surface area contributed by atoms with Crippen LogP contribution in [0.3, 0.4) is 0 Å². The molecule has 0 spiro atoms. The number of ketones is 1. The van der Waals surface area contributed by atoms with Gasteiger partial charge in [0.2, 0.25) is 5.91 Å². The number of nitrogens with two attached hydrogens (primary N) is 3. The predicted molar refractivity (Wildman–Crippen MR) is 142 cm³/mol. The first-order chi connectivity index (χ1) is 18.1. The summed E-state index contributed by atoms with van der Waals surface area (Å²) in [4.78, 5) is 53.2. The number of hydrogen-bond acceptors (Lipinski definition) is 10. The number of aliphatic carboxylic acids is 1. The summed E-state index contributed by atoms with van der Waals surface area (Å²) >= 11 is 0. The number of rotatable bonds is 8. The average Bonchev–Trinajstić information content (AvgIpc) is 3.23. The van der Waals surface area contributed by atoms with Crippen LogP contribution in [-0.2, 0) is 23.9 Å². The van der Waals surface area contributed by atoms with E-state index in [0.29, 0.717) is 11.3 Å². The number of amidine groups is 1. The lowest BCUT2D eigenvalue weighted by Crippen LogP contribution is -2.64. The number of aromatic nitrogens is 1. The van der Waals surface area contributed by atoms with Crippen LogP contribution in [0.5, 0.6) is 0 Å². The van der Waals surface area contributed by atoms with E-state index in [2.05, 4.69) is 4.98 Å². The molecule has 2 unspecified atom stereocenters. The zero-order chi connectivity index (χ0) is 29.5. The Bertz CT molecular complexity index is 1030. The highest BCUT2D eigenvalue weighted by Crippen LogP contribution is 2.43. The first-order valence-corrected chi connectivity index (χ1v) is 12.9. The second kappa shape index (κ2) is 13.1. The lowest BCUT2D eigenvalue weighted by molar-refractivity contribution is -0.181. The van der Waals surface area contributed by atoms with Crippen molar-refractivity contribution in [1.29, 1.82) is 5.41 Å². The Labute approximate surface area is 227 Å².